The van der Waals surface area contributed by atoms with Crippen molar-refractivity contribution in [2.45, 2.75) is 6.42 Å². The summed E-state index contributed by atoms with van der Waals surface area (Å²) in [6, 6.07) is 22.3. The van der Waals surface area contributed by atoms with Crippen LogP contribution in [0.4, 0.5) is 11.4 Å². The molecule has 2 aromatic heterocycles. The van der Waals surface area contributed by atoms with E-state index >= 15 is 0 Å². The maximum absolute atomic E-state index is 12.9. The molecule has 0 aliphatic carbocycles. The fraction of sp³-hybridized carbons (Fsp3) is 0.125. The van der Waals surface area contributed by atoms with Crippen molar-refractivity contribution in [3.05, 3.63) is 119 Å². The minimum atomic E-state index is -0.276. The third kappa shape index (κ3) is 7.05. The first kappa shape index (κ1) is 27.8. The lowest BCUT2D eigenvalue weighted by Crippen LogP contribution is -2.14. The van der Waals surface area contributed by atoms with Crippen molar-refractivity contribution in [3.8, 4) is 11.3 Å². The summed E-state index contributed by atoms with van der Waals surface area (Å²) in [5, 5.41) is 7.22. The average Bonchev–Trinajstić information content (AvgIpc) is 3.39. The summed E-state index contributed by atoms with van der Waals surface area (Å²) >= 11 is 6.47. The van der Waals surface area contributed by atoms with E-state index in [1.165, 1.54) is 6.08 Å². The molecule has 0 aliphatic heterocycles. The summed E-state index contributed by atoms with van der Waals surface area (Å²) in [4.78, 5) is 39.4. The molecule has 3 aromatic carbocycles. The number of halogens is 1. The van der Waals surface area contributed by atoms with Crippen LogP contribution in [0.5, 0.6) is 0 Å². The number of hydrogen-bond donors (Lipinski definition) is 3. The van der Waals surface area contributed by atoms with Crippen LogP contribution in [0.15, 0.2) is 97.3 Å². The predicted octanol–water partition coefficient (Wildman–Crippen LogP) is 6.18. The lowest BCUT2D eigenvalue weighted by atomic mass is 10.1. The number of rotatable bonds is 9. The van der Waals surface area contributed by atoms with Crippen LogP contribution in [0, 0.1) is 0 Å². The highest BCUT2D eigenvalue weighted by Crippen LogP contribution is 2.32. The zero-order chi connectivity index (χ0) is 28.8. The van der Waals surface area contributed by atoms with Gasteiger partial charge >= 0.3 is 0 Å². The number of anilines is 2. The minimum absolute atomic E-state index is 0.252. The van der Waals surface area contributed by atoms with E-state index in [4.69, 9.17) is 16.6 Å². The first-order chi connectivity index (χ1) is 19.9. The molecule has 0 unspecified atom stereocenters. The smallest absolute Gasteiger partial charge is 0.255 e. The predicted molar refractivity (Wildman–Crippen MR) is 164 cm³/mol. The van der Waals surface area contributed by atoms with Gasteiger partial charge in [-0.15, -0.1) is 0 Å². The molecule has 5 aromatic rings. The van der Waals surface area contributed by atoms with Crippen LogP contribution >= 0.6 is 11.6 Å². The second-order valence-electron chi connectivity index (χ2n) is 9.79. The molecule has 41 heavy (non-hydrogen) atoms. The third-order valence-corrected chi connectivity index (χ3v) is 6.62. The minimum Gasteiger partial charge on any atom is -0.360 e. The van der Waals surface area contributed by atoms with E-state index in [1.54, 1.807) is 36.5 Å². The monoisotopic (exact) mass is 564 g/mol. The van der Waals surface area contributed by atoms with Crippen molar-refractivity contribution in [2.75, 3.05) is 31.3 Å². The van der Waals surface area contributed by atoms with Crippen LogP contribution in [0.25, 0.3) is 22.2 Å². The number of para-hydroxylation sites is 1. The van der Waals surface area contributed by atoms with Gasteiger partial charge < -0.3 is 20.5 Å². The van der Waals surface area contributed by atoms with Crippen LogP contribution in [0.3, 0.4) is 0 Å². The van der Waals surface area contributed by atoms with E-state index in [-0.39, 0.29) is 11.8 Å². The standard InChI is InChI=1S/C32H29ClN6O2/c1-39(2)16-6-11-30(40)36-24-8-5-7-22(18-24)32(41)37-23-14-12-21(13-15-23)17-29-35-20-27(33)31(38-29)26-19-34-28-10-4-3-9-25(26)28/h3-15,18-20,34H,16-17H2,1-2H3,(H,36,40)(H,37,41)/b11-6+. The summed E-state index contributed by atoms with van der Waals surface area (Å²) in [7, 11) is 3.85. The van der Waals surface area contributed by atoms with Gasteiger partial charge in [0.05, 0.1) is 10.7 Å². The number of likely N-dealkylation sites (N-methyl/N-ethyl adjacent to an activating group) is 1. The number of aromatic nitrogens is 3. The number of carbonyl (C=O) groups excluding carboxylic acids is 2. The van der Waals surface area contributed by atoms with E-state index in [1.807, 2.05) is 73.7 Å². The molecule has 8 nitrogen and oxygen atoms in total. The highest BCUT2D eigenvalue weighted by molar-refractivity contribution is 6.33. The first-order valence-corrected chi connectivity index (χ1v) is 13.4. The number of benzene rings is 3. The van der Waals surface area contributed by atoms with Gasteiger partial charge in [0.2, 0.25) is 5.91 Å². The maximum atomic E-state index is 12.9. The highest BCUT2D eigenvalue weighted by atomic mass is 35.5. The molecule has 0 atom stereocenters. The molecular weight excluding hydrogens is 536 g/mol. The van der Waals surface area contributed by atoms with E-state index in [2.05, 4.69) is 20.6 Å². The summed E-state index contributed by atoms with van der Waals surface area (Å²) in [5.74, 6) is 0.113. The number of aromatic amines is 1. The Labute approximate surface area is 243 Å². The molecule has 2 amide bonds. The largest absolute Gasteiger partial charge is 0.360 e. The SMILES string of the molecule is CN(C)C/C=C/C(=O)Nc1cccc(C(=O)Nc2ccc(Cc3ncc(Cl)c(-c4c[nH]c5ccccc45)n3)cc2)c1. The molecule has 9 heteroatoms. The van der Waals surface area contributed by atoms with E-state index < -0.39 is 0 Å². The van der Waals surface area contributed by atoms with Crippen LogP contribution in [0.2, 0.25) is 5.02 Å². The molecule has 0 radical (unpaired) electrons. The Balaban J connectivity index is 1.23. The molecular formula is C32H29ClN6O2. The van der Waals surface area contributed by atoms with Crippen molar-refractivity contribution in [1.29, 1.82) is 0 Å². The maximum Gasteiger partial charge on any atom is 0.255 e. The zero-order valence-electron chi connectivity index (χ0n) is 22.7. The molecule has 0 bridgehead atoms. The zero-order valence-corrected chi connectivity index (χ0v) is 23.4. The van der Waals surface area contributed by atoms with Gasteiger partial charge in [-0.3, -0.25) is 9.59 Å². The lowest BCUT2D eigenvalue weighted by Gasteiger charge is -2.09. The number of carbonyl (C=O) groups is 2. The highest BCUT2D eigenvalue weighted by Gasteiger charge is 2.13. The van der Waals surface area contributed by atoms with Crippen LogP contribution in [-0.4, -0.2) is 52.3 Å². The Morgan fingerprint density at radius 3 is 2.59 bits per heavy atom. The van der Waals surface area contributed by atoms with Gasteiger partial charge in [0, 0.05) is 64.8 Å². The van der Waals surface area contributed by atoms with Gasteiger partial charge in [0.25, 0.3) is 5.91 Å². The summed E-state index contributed by atoms with van der Waals surface area (Å²) in [6.45, 7) is 0.660. The Hall–Kier alpha value is -4.79. The summed E-state index contributed by atoms with van der Waals surface area (Å²) in [5.41, 5.74) is 5.24. The van der Waals surface area contributed by atoms with Crippen molar-refractivity contribution in [3.63, 3.8) is 0 Å². The summed E-state index contributed by atoms with van der Waals surface area (Å²) in [6.07, 6.45) is 7.30. The Bertz CT molecular complexity index is 1730. The van der Waals surface area contributed by atoms with Crippen LogP contribution in [-0.2, 0) is 11.2 Å². The fourth-order valence-corrected chi connectivity index (χ4v) is 4.52. The molecule has 0 saturated heterocycles. The van der Waals surface area contributed by atoms with Gasteiger partial charge in [-0.1, -0.05) is 54.1 Å². The van der Waals surface area contributed by atoms with Gasteiger partial charge in [0.15, 0.2) is 0 Å². The lowest BCUT2D eigenvalue weighted by molar-refractivity contribution is -0.111. The Morgan fingerprint density at radius 2 is 1.78 bits per heavy atom. The second kappa shape index (κ2) is 12.6. The molecule has 0 spiro atoms. The van der Waals surface area contributed by atoms with Crippen molar-refractivity contribution in [1.82, 2.24) is 19.9 Å². The molecule has 0 saturated carbocycles. The molecule has 0 fully saturated rings. The quantitative estimate of drug-likeness (QED) is 0.186. The number of hydrogen-bond acceptors (Lipinski definition) is 5. The summed E-state index contributed by atoms with van der Waals surface area (Å²) < 4.78 is 0. The molecule has 2 heterocycles. The van der Waals surface area contributed by atoms with Crippen molar-refractivity contribution in [2.24, 2.45) is 0 Å². The third-order valence-electron chi connectivity index (χ3n) is 6.34. The number of nitrogens with one attached hydrogen (secondary N) is 3. The molecule has 0 aliphatic rings. The van der Waals surface area contributed by atoms with Gasteiger partial charge in [-0.2, -0.15) is 0 Å². The second-order valence-corrected chi connectivity index (χ2v) is 10.2. The van der Waals surface area contributed by atoms with Crippen LogP contribution in [0.1, 0.15) is 21.7 Å². The first-order valence-electron chi connectivity index (χ1n) is 13.1. The van der Waals surface area contributed by atoms with Crippen molar-refractivity contribution >= 4 is 45.7 Å². The van der Waals surface area contributed by atoms with E-state index in [0.29, 0.717) is 46.4 Å². The van der Waals surface area contributed by atoms with E-state index in [0.717, 1.165) is 22.0 Å². The number of amides is 2. The molecule has 3 N–H and O–H groups in total. The molecule has 206 valence electrons. The van der Waals surface area contributed by atoms with Gasteiger partial charge in [0.1, 0.15) is 5.82 Å². The number of H-pyrrole nitrogens is 1. The van der Waals surface area contributed by atoms with Crippen molar-refractivity contribution < 1.29 is 9.59 Å². The van der Waals surface area contributed by atoms with Crippen LogP contribution < -0.4 is 10.6 Å². The average molecular weight is 565 g/mol. The fourth-order valence-electron chi connectivity index (χ4n) is 4.33. The number of nitrogens with zero attached hydrogens (tertiary/aromatic N) is 3. The molecule has 5 rings (SSSR count). The number of fused-ring (bicyclic) bond motifs is 1. The topological polar surface area (TPSA) is 103 Å². The Morgan fingerprint density at radius 1 is 0.976 bits per heavy atom. The van der Waals surface area contributed by atoms with Gasteiger partial charge in [-0.05, 0) is 56.1 Å². The van der Waals surface area contributed by atoms with E-state index in [9.17, 15) is 9.59 Å². The van der Waals surface area contributed by atoms with Gasteiger partial charge in [-0.25, -0.2) is 9.97 Å². The Kier molecular flexibility index (Phi) is 8.53. The normalized spacial score (nSPS) is 11.3.